The van der Waals surface area contributed by atoms with Gasteiger partial charge in [-0.3, -0.25) is 4.99 Å². The van der Waals surface area contributed by atoms with Crippen molar-refractivity contribution in [1.82, 2.24) is 14.5 Å². The van der Waals surface area contributed by atoms with E-state index >= 15 is 0 Å². The van der Waals surface area contributed by atoms with Gasteiger partial charge >= 0.3 is 0 Å². The highest BCUT2D eigenvalue weighted by Gasteiger charge is 2.23. The maximum atomic E-state index is 14.2. The topological polar surface area (TPSA) is 104 Å². The predicted octanol–water partition coefficient (Wildman–Crippen LogP) is 3.78. The Bertz CT molecular complexity index is 1200. The largest absolute Gasteiger partial charge is 0.482 e. The summed E-state index contributed by atoms with van der Waals surface area (Å²) < 4.78 is 22.4. The van der Waals surface area contributed by atoms with E-state index in [0.717, 1.165) is 22.4 Å². The number of aromatic nitrogens is 3. The van der Waals surface area contributed by atoms with Gasteiger partial charge in [-0.15, -0.1) is 0 Å². The SMILES string of the molecule is CCN=C1C(=CN)Cn2cc(C)nc2-c2ccc(F)cc2[C@@H](C)Oc2cc1cnc2N. The first-order valence-corrected chi connectivity index (χ1v) is 10.1. The van der Waals surface area contributed by atoms with Gasteiger partial charge < -0.3 is 20.8 Å². The van der Waals surface area contributed by atoms with Crippen LogP contribution in [0.15, 0.2) is 53.4 Å². The number of nitrogen functional groups attached to an aromatic ring is 1. The second-order valence-corrected chi connectivity index (χ2v) is 7.45. The molecule has 1 aromatic carbocycles. The average Bonchev–Trinajstić information content (AvgIpc) is 3.11. The van der Waals surface area contributed by atoms with Crippen LogP contribution in [0.1, 0.15) is 36.8 Å². The van der Waals surface area contributed by atoms with Gasteiger partial charge in [0.1, 0.15) is 17.7 Å². The van der Waals surface area contributed by atoms with Crippen molar-refractivity contribution in [3.8, 4) is 17.1 Å². The van der Waals surface area contributed by atoms with Crippen molar-refractivity contribution < 1.29 is 9.13 Å². The van der Waals surface area contributed by atoms with Gasteiger partial charge in [-0.05, 0) is 45.0 Å². The standard InChI is InChI=1S/C23H25FN6O/c1-4-27-21-15-7-20(22(26)28-10-15)31-14(3)19-8-17(24)5-6-18(19)23-29-13(2)11-30(23)12-16(21)9-25/h5-11,14H,4,12,25H2,1-3H3,(H2,26,28)/t14-/m1/s1. The van der Waals surface area contributed by atoms with Gasteiger partial charge in [0.25, 0.3) is 0 Å². The van der Waals surface area contributed by atoms with Crippen LogP contribution in [0.5, 0.6) is 5.75 Å². The molecule has 7 nitrogen and oxygen atoms in total. The second-order valence-electron chi connectivity index (χ2n) is 7.45. The third-order valence-corrected chi connectivity index (χ3v) is 5.21. The van der Waals surface area contributed by atoms with Crippen molar-refractivity contribution in [2.75, 3.05) is 12.3 Å². The summed E-state index contributed by atoms with van der Waals surface area (Å²) in [5.74, 6) is 1.00. The number of ether oxygens (including phenoxy) is 1. The van der Waals surface area contributed by atoms with Crippen LogP contribution in [-0.2, 0) is 6.54 Å². The summed E-state index contributed by atoms with van der Waals surface area (Å²) in [7, 11) is 0. The number of aliphatic imine (C=N–C) groups is 1. The van der Waals surface area contributed by atoms with Crippen molar-refractivity contribution in [3.63, 3.8) is 0 Å². The van der Waals surface area contributed by atoms with Gasteiger partial charge in [-0.25, -0.2) is 14.4 Å². The van der Waals surface area contributed by atoms with Crippen LogP contribution in [0, 0.1) is 12.7 Å². The van der Waals surface area contributed by atoms with Crippen LogP contribution >= 0.6 is 0 Å². The molecule has 2 aromatic heterocycles. The molecule has 0 unspecified atom stereocenters. The molecule has 0 fully saturated rings. The summed E-state index contributed by atoms with van der Waals surface area (Å²) in [6, 6.07) is 6.42. The van der Waals surface area contributed by atoms with Crippen LogP contribution in [-0.4, -0.2) is 26.8 Å². The molecule has 31 heavy (non-hydrogen) atoms. The summed E-state index contributed by atoms with van der Waals surface area (Å²) in [6.45, 7) is 6.74. The molecule has 0 saturated carbocycles. The number of nitrogens with two attached hydrogens (primary N) is 2. The number of anilines is 1. The molecule has 2 bridgehead atoms. The normalized spacial score (nSPS) is 18.6. The van der Waals surface area contributed by atoms with Crippen LogP contribution in [0.4, 0.5) is 10.2 Å². The Balaban J connectivity index is 2.00. The molecule has 160 valence electrons. The van der Waals surface area contributed by atoms with E-state index in [1.807, 2.05) is 31.5 Å². The zero-order valence-electron chi connectivity index (χ0n) is 17.8. The molecule has 0 radical (unpaired) electrons. The molecule has 3 heterocycles. The van der Waals surface area contributed by atoms with E-state index in [1.54, 1.807) is 24.5 Å². The monoisotopic (exact) mass is 420 g/mol. The maximum absolute atomic E-state index is 14.2. The van der Waals surface area contributed by atoms with Crippen molar-refractivity contribution in [1.29, 1.82) is 0 Å². The highest BCUT2D eigenvalue weighted by Crippen LogP contribution is 2.34. The Morgan fingerprint density at radius 2 is 2.16 bits per heavy atom. The Kier molecular flexibility index (Phi) is 5.46. The number of pyridine rings is 1. The number of rotatable bonds is 1. The molecule has 1 aliphatic rings. The van der Waals surface area contributed by atoms with Crippen LogP contribution in [0.3, 0.4) is 0 Å². The molecular weight excluding hydrogens is 395 g/mol. The number of halogens is 1. The number of imidazole rings is 1. The predicted molar refractivity (Wildman–Crippen MR) is 119 cm³/mol. The van der Waals surface area contributed by atoms with E-state index < -0.39 is 6.10 Å². The van der Waals surface area contributed by atoms with E-state index in [9.17, 15) is 4.39 Å². The van der Waals surface area contributed by atoms with Gasteiger partial charge in [-0.1, -0.05) is 0 Å². The minimum absolute atomic E-state index is 0.247. The minimum atomic E-state index is -0.494. The third-order valence-electron chi connectivity index (χ3n) is 5.21. The number of hydrogen-bond donors (Lipinski definition) is 2. The third kappa shape index (κ3) is 3.88. The lowest BCUT2D eigenvalue weighted by Gasteiger charge is -2.22. The van der Waals surface area contributed by atoms with E-state index in [1.165, 1.54) is 12.1 Å². The average molecular weight is 420 g/mol. The fourth-order valence-electron chi connectivity index (χ4n) is 3.82. The summed E-state index contributed by atoms with van der Waals surface area (Å²) >= 11 is 0. The zero-order valence-corrected chi connectivity index (χ0v) is 17.8. The molecule has 0 saturated heterocycles. The van der Waals surface area contributed by atoms with Gasteiger partial charge in [0, 0.05) is 47.4 Å². The van der Waals surface area contributed by atoms with E-state index in [0.29, 0.717) is 35.9 Å². The Morgan fingerprint density at radius 3 is 2.90 bits per heavy atom. The highest BCUT2D eigenvalue weighted by molar-refractivity contribution is 6.12. The number of aryl methyl sites for hydroxylation is 1. The van der Waals surface area contributed by atoms with Crippen molar-refractivity contribution in [2.45, 2.75) is 33.4 Å². The Labute approximate surface area is 180 Å². The van der Waals surface area contributed by atoms with Crippen LogP contribution < -0.4 is 16.2 Å². The molecule has 0 spiro atoms. The fraction of sp³-hybridized carbons (Fsp3) is 0.261. The first-order valence-electron chi connectivity index (χ1n) is 10.1. The first kappa shape index (κ1) is 20.6. The van der Waals surface area contributed by atoms with Gasteiger partial charge in [0.15, 0.2) is 11.6 Å². The van der Waals surface area contributed by atoms with Crippen molar-refractivity contribution in [3.05, 3.63) is 71.1 Å². The quantitative estimate of drug-likeness (QED) is 0.623. The lowest BCUT2D eigenvalue weighted by molar-refractivity contribution is 0.227. The number of hydrogen-bond acceptors (Lipinski definition) is 6. The molecular formula is C23H25FN6O. The van der Waals surface area contributed by atoms with Crippen LogP contribution in [0.25, 0.3) is 11.4 Å². The molecule has 0 aliphatic carbocycles. The highest BCUT2D eigenvalue weighted by atomic mass is 19.1. The Hall–Kier alpha value is -3.68. The lowest BCUT2D eigenvalue weighted by atomic mass is 10.0. The van der Waals surface area contributed by atoms with Crippen molar-refractivity contribution in [2.24, 2.45) is 10.7 Å². The smallest absolute Gasteiger partial charge is 0.166 e. The summed E-state index contributed by atoms with van der Waals surface area (Å²) in [6.07, 6.45) is 4.65. The molecule has 8 heteroatoms. The van der Waals surface area contributed by atoms with Gasteiger partial charge in [-0.2, -0.15) is 0 Å². The summed E-state index contributed by atoms with van der Waals surface area (Å²) in [5, 5.41) is 0. The molecule has 1 aliphatic heterocycles. The fourth-order valence-corrected chi connectivity index (χ4v) is 3.82. The van der Waals surface area contributed by atoms with E-state index in [4.69, 9.17) is 21.2 Å². The molecule has 3 aromatic rings. The molecule has 4 rings (SSSR count). The number of benzene rings is 1. The van der Waals surface area contributed by atoms with Gasteiger partial charge in [0.2, 0.25) is 0 Å². The number of nitrogens with zero attached hydrogens (tertiary/aromatic N) is 4. The Morgan fingerprint density at radius 1 is 1.35 bits per heavy atom. The van der Waals surface area contributed by atoms with Gasteiger partial charge in [0.05, 0.1) is 18.0 Å². The summed E-state index contributed by atoms with van der Waals surface area (Å²) in [4.78, 5) is 13.7. The maximum Gasteiger partial charge on any atom is 0.166 e. The van der Waals surface area contributed by atoms with Crippen molar-refractivity contribution >= 4 is 11.5 Å². The molecule has 1 atom stereocenters. The zero-order chi connectivity index (χ0) is 22.1. The first-order chi connectivity index (χ1) is 14.9. The van der Waals surface area contributed by atoms with E-state index in [-0.39, 0.29) is 11.6 Å². The van der Waals surface area contributed by atoms with Crippen LogP contribution in [0.2, 0.25) is 0 Å². The minimum Gasteiger partial charge on any atom is -0.482 e. The lowest BCUT2D eigenvalue weighted by Crippen LogP contribution is -2.17. The van der Waals surface area contributed by atoms with E-state index in [2.05, 4.69) is 9.98 Å². The summed E-state index contributed by atoms with van der Waals surface area (Å²) in [5.41, 5.74) is 16.7. The molecule has 0 amide bonds. The number of allylic oxidation sites excluding steroid dienone is 1. The number of fused-ring (bicyclic) bond motifs is 5. The second kappa shape index (κ2) is 8.22. The molecule has 4 N–H and O–H groups in total.